The molecule has 1 heterocycles. The number of thiocarbonyl (C=S) groups is 1. The molecule has 1 aliphatic rings. The van der Waals surface area contributed by atoms with Crippen molar-refractivity contribution in [1.29, 1.82) is 0 Å². The van der Waals surface area contributed by atoms with Crippen molar-refractivity contribution in [3.8, 4) is 0 Å². The van der Waals surface area contributed by atoms with E-state index in [9.17, 15) is 4.79 Å². The average Bonchev–Trinajstić information content (AvgIpc) is 2.66. The normalized spacial score (nSPS) is 14.6. The summed E-state index contributed by atoms with van der Waals surface area (Å²) >= 11 is 5.57. The largest absolute Gasteiger partial charge is 0.338 e. The second-order valence-electron chi connectivity index (χ2n) is 7.51. The van der Waals surface area contributed by atoms with Gasteiger partial charge in [0.05, 0.1) is 26.2 Å². The quantitative estimate of drug-likeness (QED) is 0.692. The number of benzene rings is 2. The molecule has 0 spiro atoms. The number of carbonyl (C=O) groups is 1. The van der Waals surface area contributed by atoms with Crippen LogP contribution >= 0.6 is 12.2 Å². The maximum absolute atomic E-state index is 12.4. The van der Waals surface area contributed by atoms with Gasteiger partial charge in [-0.1, -0.05) is 24.3 Å². The van der Waals surface area contributed by atoms with E-state index in [0.29, 0.717) is 6.54 Å². The van der Waals surface area contributed by atoms with Gasteiger partial charge in [0.2, 0.25) is 0 Å². The smallest absolute Gasteiger partial charge is 0.279 e. The first-order valence-electron chi connectivity index (χ1n) is 9.74. The number of nitrogens with zero attached hydrogens (tertiary/aromatic N) is 1. The van der Waals surface area contributed by atoms with Crippen LogP contribution in [0.4, 0.5) is 11.4 Å². The van der Waals surface area contributed by atoms with E-state index in [4.69, 9.17) is 12.2 Å². The molecule has 2 aromatic rings. The molecular weight excluding hydrogens is 368 g/mol. The Morgan fingerprint density at radius 3 is 2.50 bits per heavy atom. The number of piperazine rings is 1. The number of hydrogen-bond acceptors (Lipinski definition) is 2. The number of anilines is 2. The number of rotatable bonds is 4. The topological polar surface area (TPSA) is 48.8 Å². The summed E-state index contributed by atoms with van der Waals surface area (Å²) in [6.45, 7) is 10.2. The minimum Gasteiger partial charge on any atom is -0.338 e. The number of carbonyl (C=O) groups excluding carboxylic acids is 1. The zero-order valence-corrected chi connectivity index (χ0v) is 17.7. The Labute approximate surface area is 172 Å². The van der Waals surface area contributed by atoms with Crippen molar-refractivity contribution >= 4 is 34.6 Å². The molecule has 1 amide bonds. The molecule has 1 aliphatic heterocycles. The minimum atomic E-state index is 0.0672. The molecule has 0 radical (unpaired) electrons. The Morgan fingerprint density at radius 2 is 1.79 bits per heavy atom. The number of quaternary nitrogens is 1. The summed E-state index contributed by atoms with van der Waals surface area (Å²) in [5.41, 5.74) is 5.45. The minimum absolute atomic E-state index is 0.0672. The zero-order valence-electron chi connectivity index (χ0n) is 16.8. The summed E-state index contributed by atoms with van der Waals surface area (Å²) in [6.07, 6.45) is 0. The lowest BCUT2D eigenvalue weighted by Crippen LogP contribution is -3.15. The molecule has 5 nitrogen and oxygen atoms in total. The molecule has 0 saturated carbocycles. The number of amides is 1. The molecule has 3 rings (SSSR count). The first-order valence-corrected chi connectivity index (χ1v) is 10.2. The highest BCUT2D eigenvalue weighted by atomic mass is 32.1. The lowest BCUT2D eigenvalue weighted by atomic mass is 10.1. The third kappa shape index (κ3) is 5.30. The van der Waals surface area contributed by atoms with Gasteiger partial charge < -0.3 is 20.4 Å². The third-order valence-electron chi connectivity index (χ3n) is 5.32. The summed E-state index contributed by atoms with van der Waals surface area (Å²) in [4.78, 5) is 15.9. The first kappa shape index (κ1) is 20.3. The van der Waals surface area contributed by atoms with E-state index < -0.39 is 0 Å². The van der Waals surface area contributed by atoms with Gasteiger partial charge in [-0.3, -0.25) is 4.79 Å². The fourth-order valence-corrected chi connectivity index (χ4v) is 3.74. The summed E-state index contributed by atoms with van der Waals surface area (Å²) < 4.78 is 0. The molecule has 28 heavy (non-hydrogen) atoms. The van der Waals surface area contributed by atoms with Crippen LogP contribution in [0.15, 0.2) is 42.5 Å². The third-order valence-corrected chi connectivity index (χ3v) is 5.68. The maximum atomic E-state index is 12.4. The summed E-state index contributed by atoms with van der Waals surface area (Å²) in [5.74, 6) is 0.0672. The van der Waals surface area contributed by atoms with E-state index in [1.165, 1.54) is 16.0 Å². The van der Waals surface area contributed by atoms with Crippen molar-refractivity contribution in [3.63, 3.8) is 0 Å². The summed E-state index contributed by atoms with van der Waals surface area (Å²) in [6, 6.07) is 14.2. The SMILES string of the molecule is Cc1cccc(NC(=S)N2CC[NH+](CC(=O)Nc3cccc(C)c3C)CC2)c1. The van der Waals surface area contributed by atoms with Gasteiger partial charge in [0, 0.05) is 11.4 Å². The average molecular weight is 398 g/mol. The monoisotopic (exact) mass is 397 g/mol. The Morgan fingerprint density at radius 1 is 1.07 bits per heavy atom. The van der Waals surface area contributed by atoms with Gasteiger partial charge in [0.1, 0.15) is 0 Å². The molecular formula is C22H29N4OS+. The first-order chi connectivity index (χ1) is 13.4. The van der Waals surface area contributed by atoms with Gasteiger partial charge in [0.15, 0.2) is 11.7 Å². The Bertz CT molecular complexity index is 859. The highest BCUT2D eigenvalue weighted by Gasteiger charge is 2.24. The molecule has 148 valence electrons. The maximum Gasteiger partial charge on any atom is 0.279 e. The molecule has 1 saturated heterocycles. The molecule has 0 unspecified atom stereocenters. The van der Waals surface area contributed by atoms with Gasteiger partial charge in [-0.2, -0.15) is 0 Å². The molecule has 2 aromatic carbocycles. The van der Waals surface area contributed by atoms with E-state index in [1.54, 1.807) is 0 Å². The van der Waals surface area contributed by atoms with E-state index in [0.717, 1.165) is 48.2 Å². The van der Waals surface area contributed by atoms with Crippen molar-refractivity contribution in [1.82, 2.24) is 4.90 Å². The fourth-order valence-electron chi connectivity index (χ4n) is 3.44. The highest BCUT2D eigenvalue weighted by Crippen LogP contribution is 2.17. The predicted octanol–water partition coefficient (Wildman–Crippen LogP) is 2.15. The van der Waals surface area contributed by atoms with Gasteiger partial charge in [-0.25, -0.2) is 0 Å². The van der Waals surface area contributed by atoms with Crippen LogP contribution in [0.1, 0.15) is 16.7 Å². The Hall–Kier alpha value is -2.44. The van der Waals surface area contributed by atoms with Crippen molar-refractivity contribution in [2.45, 2.75) is 20.8 Å². The van der Waals surface area contributed by atoms with E-state index in [1.807, 2.05) is 31.2 Å². The van der Waals surface area contributed by atoms with Crippen molar-refractivity contribution in [2.24, 2.45) is 0 Å². The van der Waals surface area contributed by atoms with Crippen LogP contribution in [-0.2, 0) is 4.79 Å². The van der Waals surface area contributed by atoms with E-state index in [-0.39, 0.29) is 5.91 Å². The zero-order chi connectivity index (χ0) is 20.1. The number of nitrogens with one attached hydrogen (secondary N) is 3. The predicted molar refractivity (Wildman–Crippen MR) is 119 cm³/mol. The lowest BCUT2D eigenvalue weighted by molar-refractivity contribution is -0.895. The van der Waals surface area contributed by atoms with Gasteiger partial charge in [-0.15, -0.1) is 0 Å². The van der Waals surface area contributed by atoms with Crippen LogP contribution in [0.5, 0.6) is 0 Å². The number of aryl methyl sites for hydroxylation is 2. The van der Waals surface area contributed by atoms with Crippen LogP contribution in [-0.4, -0.2) is 48.6 Å². The van der Waals surface area contributed by atoms with Gasteiger partial charge >= 0.3 is 0 Å². The molecule has 0 aromatic heterocycles. The standard InChI is InChI=1S/C22H28N4OS/c1-16-6-4-8-19(14-16)23-22(28)26-12-10-25(11-13-26)15-21(27)24-20-9-5-7-17(2)18(20)3/h4-9,14H,10-13,15H2,1-3H3,(H,23,28)(H,24,27)/p+1. The van der Waals surface area contributed by atoms with Crippen LogP contribution in [0.25, 0.3) is 0 Å². The highest BCUT2D eigenvalue weighted by molar-refractivity contribution is 7.80. The fraction of sp³-hybridized carbons (Fsp3) is 0.364. The Kier molecular flexibility index (Phi) is 6.65. The van der Waals surface area contributed by atoms with Gasteiger partial charge in [0.25, 0.3) is 5.91 Å². The second kappa shape index (κ2) is 9.17. The van der Waals surface area contributed by atoms with Crippen LogP contribution in [0.3, 0.4) is 0 Å². The van der Waals surface area contributed by atoms with Crippen LogP contribution < -0.4 is 15.5 Å². The van der Waals surface area contributed by atoms with Crippen LogP contribution in [0.2, 0.25) is 0 Å². The molecule has 1 fully saturated rings. The lowest BCUT2D eigenvalue weighted by Gasteiger charge is -2.33. The molecule has 6 heteroatoms. The summed E-state index contributed by atoms with van der Waals surface area (Å²) in [5, 5.41) is 7.13. The van der Waals surface area contributed by atoms with Crippen molar-refractivity contribution < 1.29 is 9.69 Å². The van der Waals surface area contributed by atoms with E-state index >= 15 is 0 Å². The number of hydrogen-bond donors (Lipinski definition) is 3. The molecule has 0 bridgehead atoms. The second-order valence-corrected chi connectivity index (χ2v) is 7.90. The van der Waals surface area contributed by atoms with Gasteiger partial charge in [-0.05, 0) is 67.9 Å². The van der Waals surface area contributed by atoms with Crippen molar-refractivity contribution in [2.75, 3.05) is 43.4 Å². The van der Waals surface area contributed by atoms with Crippen molar-refractivity contribution in [3.05, 3.63) is 59.2 Å². The molecule has 3 N–H and O–H groups in total. The van der Waals surface area contributed by atoms with Crippen LogP contribution in [0, 0.1) is 20.8 Å². The van der Waals surface area contributed by atoms with E-state index in [2.05, 4.69) is 47.6 Å². The summed E-state index contributed by atoms with van der Waals surface area (Å²) in [7, 11) is 0. The molecule has 0 aliphatic carbocycles. The molecule has 0 atom stereocenters. The Balaban J connectivity index is 1.46.